The Labute approximate surface area is 121 Å². The fourth-order valence-electron chi connectivity index (χ4n) is 2.45. The highest BCUT2D eigenvalue weighted by Crippen LogP contribution is 2.31. The first-order valence-corrected chi connectivity index (χ1v) is 8.15. The van der Waals surface area contributed by atoms with Gasteiger partial charge in [-0.05, 0) is 31.0 Å². The second-order valence-electron chi connectivity index (χ2n) is 4.88. The highest BCUT2D eigenvalue weighted by molar-refractivity contribution is 7.86. The summed E-state index contributed by atoms with van der Waals surface area (Å²) >= 11 is 5.91. The molecule has 1 saturated heterocycles. The van der Waals surface area contributed by atoms with Gasteiger partial charge in [0.25, 0.3) is 10.2 Å². The molecule has 2 aromatic rings. The summed E-state index contributed by atoms with van der Waals surface area (Å²) in [6.07, 6.45) is 1.30. The van der Waals surface area contributed by atoms with Crippen LogP contribution in [0.3, 0.4) is 0 Å². The maximum Gasteiger partial charge on any atom is 0.276 e. The Morgan fingerprint density at radius 1 is 1.35 bits per heavy atom. The van der Waals surface area contributed by atoms with Gasteiger partial charge in [-0.25, -0.2) is 10.1 Å². The van der Waals surface area contributed by atoms with Crippen molar-refractivity contribution < 1.29 is 12.8 Å². The van der Waals surface area contributed by atoms with Gasteiger partial charge >= 0.3 is 0 Å². The summed E-state index contributed by atoms with van der Waals surface area (Å²) in [4.78, 5) is 4.43. The number of benzene rings is 1. The van der Waals surface area contributed by atoms with Crippen molar-refractivity contribution in [1.82, 2.24) is 9.29 Å². The molecular weight excluding hydrogens is 302 g/mol. The number of fused-ring (bicyclic) bond motifs is 1. The number of nitrogens with two attached hydrogens (primary N) is 1. The highest BCUT2D eigenvalue weighted by atomic mass is 35.5. The van der Waals surface area contributed by atoms with E-state index in [1.54, 1.807) is 18.2 Å². The number of halogens is 1. The molecule has 6 nitrogen and oxygen atoms in total. The molecule has 1 fully saturated rings. The van der Waals surface area contributed by atoms with Gasteiger partial charge < -0.3 is 4.42 Å². The smallest absolute Gasteiger partial charge is 0.276 e. The number of aromatic nitrogens is 1. The molecule has 1 aromatic carbocycles. The van der Waals surface area contributed by atoms with Crippen LogP contribution in [0.2, 0.25) is 5.02 Å². The number of hydrogen-bond donors (Lipinski definition) is 1. The summed E-state index contributed by atoms with van der Waals surface area (Å²) in [7, 11) is -3.60. The molecule has 0 unspecified atom stereocenters. The lowest BCUT2D eigenvalue weighted by Gasteiger charge is -2.27. The Morgan fingerprint density at radius 2 is 2.05 bits per heavy atom. The van der Waals surface area contributed by atoms with Crippen LogP contribution in [0.1, 0.15) is 24.7 Å². The van der Waals surface area contributed by atoms with Crippen molar-refractivity contribution in [2.75, 3.05) is 13.1 Å². The maximum absolute atomic E-state index is 11.3. The molecule has 1 aliphatic heterocycles. The van der Waals surface area contributed by atoms with E-state index in [-0.39, 0.29) is 5.92 Å². The van der Waals surface area contributed by atoms with E-state index in [1.165, 1.54) is 4.31 Å². The van der Waals surface area contributed by atoms with Gasteiger partial charge in [0.2, 0.25) is 0 Å². The van der Waals surface area contributed by atoms with E-state index < -0.39 is 10.2 Å². The molecule has 108 valence electrons. The standard InChI is InChI=1S/C12H14ClN3O3S/c13-9-1-2-11-10(7-9)15-12(19-11)8-3-5-16(6-4-8)20(14,17)18/h1-2,7-8H,3-6H2,(H2,14,17,18). The Bertz CT molecular complexity index is 735. The van der Waals surface area contributed by atoms with E-state index in [0.29, 0.717) is 42.4 Å². The van der Waals surface area contributed by atoms with E-state index in [9.17, 15) is 8.42 Å². The van der Waals surface area contributed by atoms with Crippen molar-refractivity contribution in [2.24, 2.45) is 5.14 Å². The molecule has 20 heavy (non-hydrogen) atoms. The summed E-state index contributed by atoms with van der Waals surface area (Å²) in [6, 6.07) is 5.29. The van der Waals surface area contributed by atoms with Crippen LogP contribution in [0.25, 0.3) is 11.1 Å². The molecule has 0 saturated carbocycles. The van der Waals surface area contributed by atoms with Crippen LogP contribution in [0.15, 0.2) is 22.6 Å². The first-order chi connectivity index (χ1) is 9.43. The number of nitrogens with zero attached hydrogens (tertiary/aromatic N) is 2. The zero-order valence-electron chi connectivity index (χ0n) is 10.6. The van der Waals surface area contributed by atoms with Gasteiger partial charge in [0.15, 0.2) is 11.5 Å². The van der Waals surface area contributed by atoms with Crippen molar-refractivity contribution in [3.63, 3.8) is 0 Å². The Kier molecular flexibility index (Phi) is 3.45. The van der Waals surface area contributed by atoms with Gasteiger partial charge in [-0.3, -0.25) is 0 Å². The summed E-state index contributed by atoms with van der Waals surface area (Å²) in [5.41, 5.74) is 1.42. The van der Waals surface area contributed by atoms with Crippen molar-refractivity contribution in [3.05, 3.63) is 29.1 Å². The van der Waals surface area contributed by atoms with E-state index in [4.69, 9.17) is 21.2 Å². The number of hydrogen-bond acceptors (Lipinski definition) is 4. The zero-order valence-corrected chi connectivity index (χ0v) is 12.2. The molecule has 8 heteroatoms. The maximum atomic E-state index is 11.3. The van der Waals surface area contributed by atoms with E-state index in [1.807, 2.05) is 0 Å². The van der Waals surface area contributed by atoms with Crippen molar-refractivity contribution in [3.8, 4) is 0 Å². The summed E-state index contributed by atoms with van der Waals surface area (Å²) in [5, 5.41) is 5.73. The van der Waals surface area contributed by atoms with E-state index >= 15 is 0 Å². The lowest BCUT2D eigenvalue weighted by molar-refractivity contribution is 0.294. The minimum Gasteiger partial charge on any atom is -0.440 e. The third-order valence-corrected chi connectivity index (χ3v) is 4.85. The molecule has 2 heterocycles. The molecule has 1 aliphatic rings. The quantitative estimate of drug-likeness (QED) is 0.916. The first kappa shape index (κ1) is 13.8. The molecule has 3 rings (SSSR count). The van der Waals surface area contributed by atoms with Gasteiger partial charge in [-0.2, -0.15) is 12.7 Å². The van der Waals surface area contributed by atoms with Gasteiger partial charge in [0.05, 0.1) is 0 Å². The van der Waals surface area contributed by atoms with E-state index in [0.717, 1.165) is 5.52 Å². The SMILES string of the molecule is NS(=O)(=O)N1CCC(c2nc3cc(Cl)ccc3o2)CC1. The predicted octanol–water partition coefficient (Wildman–Crippen LogP) is 1.86. The first-order valence-electron chi connectivity index (χ1n) is 6.27. The van der Waals surface area contributed by atoms with Crippen LogP contribution in [0.5, 0.6) is 0 Å². The highest BCUT2D eigenvalue weighted by Gasteiger charge is 2.28. The Balaban J connectivity index is 1.80. The molecule has 0 amide bonds. The van der Waals surface area contributed by atoms with Crippen molar-refractivity contribution in [2.45, 2.75) is 18.8 Å². The molecule has 0 aliphatic carbocycles. The molecule has 0 spiro atoms. The summed E-state index contributed by atoms with van der Waals surface area (Å²) in [6.45, 7) is 0.784. The normalized spacial score (nSPS) is 18.7. The molecule has 0 radical (unpaired) electrons. The van der Waals surface area contributed by atoms with Gasteiger partial charge in [0, 0.05) is 24.0 Å². The Hall–Kier alpha value is -1.15. The second-order valence-corrected chi connectivity index (χ2v) is 6.87. The lowest BCUT2D eigenvalue weighted by atomic mass is 9.98. The number of oxazole rings is 1. The second kappa shape index (κ2) is 5.00. The average Bonchev–Trinajstić information content (AvgIpc) is 2.80. The van der Waals surface area contributed by atoms with Gasteiger partial charge in [-0.15, -0.1) is 0 Å². The van der Waals surface area contributed by atoms with Crippen LogP contribution < -0.4 is 5.14 Å². The van der Waals surface area contributed by atoms with Crippen LogP contribution in [-0.2, 0) is 10.2 Å². The molecule has 0 bridgehead atoms. The van der Waals surface area contributed by atoms with Gasteiger partial charge in [0.1, 0.15) is 5.52 Å². The van der Waals surface area contributed by atoms with Crippen LogP contribution >= 0.6 is 11.6 Å². The van der Waals surface area contributed by atoms with Gasteiger partial charge in [-0.1, -0.05) is 11.6 Å². The fraction of sp³-hybridized carbons (Fsp3) is 0.417. The third kappa shape index (κ3) is 2.67. The minimum absolute atomic E-state index is 0.110. The Morgan fingerprint density at radius 3 is 2.70 bits per heavy atom. The number of rotatable bonds is 2. The molecular formula is C12H14ClN3O3S. The fourth-order valence-corrected chi connectivity index (χ4v) is 3.34. The summed E-state index contributed by atoms with van der Waals surface area (Å²) < 4.78 is 29.5. The number of piperidine rings is 1. The molecule has 1 aromatic heterocycles. The topological polar surface area (TPSA) is 89.4 Å². The van der Waals surface area contributed by atoms with Crippen molar-refractivity contribution >= 4 is 32.9 Å². The molecule has 2 N–H and O–H groups in total. The zero-order chi connectivity index (χ0) is 14.3. The van der Waals surface area contributed by atoms with Crippen LogP contribution in [0.4, 0.5) is 0 Å². The van der Waals surface area contributed by atoms with Crippen LogP contribution in [-0.4, -0.2) is 30.8 Å². The monoisotopic (exact) mass is 315 g/mol. The lowest BCUT2D eigenvalue weighted by Crippen LogP contribution is -2.41. The largest absolute Gasteiger partial charge is 0.440 e. The van der Waals surface area contributed by atoms with Crippen molar-refractivity contribution in [1.29, 1.82) is 0 Å². The predicted molar refractivity (Wildman–Crippen MR) is 75.7 cm³/mol. The third-order valence-electron chi connectivity index (χ3n) is 3.53. The average molecular weight is 316 g/mol. The summed E-state index contributed by atoms with van der Waals surface area (Å²) in [5.74, 6) is 0.746. The minimum atomic E-state index is -3.60. The molecule has 0 atom stereocenters. The van der Waals surface area contributed by atoms with E-state index in [2.05, 4.69) is 4.98 Å². The van der Waals surface area contributed by atoms with Crippen LogP contribution in [0, 0.1) is 0 Å².